The fourth-order valence-corrected chi connectivity index (χ4v) is 2.30. The van der Waals surface area contributed by atoms with Crippen molar-refractivity contribution in [2.45, 2.75) is 0 Å². The van der Waals surface area contributed by atoms with Crippen molar-refractivity contribution in [1.82, 2.24) is 9.97 Å². The van der Waals surface area contributed by atoms with Crippen molar-refractivity contribution < 1.29 is 9.59 Å². The highest BCUT2D eigenvalue weighted by Gasteiger charge is 2.28. The number of nitrogens with zero attached hydrogens (tertiary/aromatic N) is 3. The number of hydrogen-bond donors (Lipinski definition) is 1. The Balaban J connectivity index is 2.03. The minimum Gasteiger partial charge on any atom is -0.321 e. The Labute approximate surface area is 106 Å². The average molecular weight is 260 g/mol. The van der Waals surface area contributed by atoms with E-state index in [1.165, 1.54) is 22.4 Å². The zero-order chi connectivity index (χ0) is 12.5. The smallest absolute Gasteiger partial charge is 0.278 e. The van der Waals surface area contributed by atoms with E-state index in [0.717, 1.165) is 0 Å². The summed E-state index contributed by atoms with van der Waals surface area (Å²) in [4.78, 5) is 33.1. The number of amides is 2. The minimum atomic E-state index is -0.279. The van der Waals surface area contributed by atoms with Gasteiger partial charge in [0.05, 0.1) is 23.1 Å². The number of fused-ring (bicyclic) bond motifs is 1. The van der Waals surface area contributed by atoms with E-state index >= 15 is 0 Å². The molecule has 0 aromatic carbocycles. The van der Waals surface area contributed by atoms with Crippen LogP contribution in [0.25, 0.3) is 0 Å². The topological polar surface area (TPSA) is 75.2 Å². The van der Waals surface area contributed by atoms with E-state index in [-0.39, 0.29) is 18.4 Å². The first-order chi connectivity index (χ1) is 8.75. The van der Waals surface area contributed by atoms with E-state index in [2.05, 4.69) is 15.3 Å². The third kappa shape index (κ3) is 1.74. The van der Waals surface area contributed by atoms with Gasteiger partial charge in [0.25, 0.3) is 5.91 Å². The van der Waals surface area contributed by atoms with Gasteiger partial charge in [-0.3, -0.25) is 19.5 Å². The maximum absolute atomic E-state index is 12.2. The Morgan fingerprint density at radius 2 is 2.39 bits per heavy atom. The van der Waals surface area contributed by atoms with Gasteiger partial charge in [-0.05, 0) is 6.07 Å². The first-order valence-corrected chi connectivity index (χ1v) is 6.14. The van der Waals surface area contributed by atoms with E-state index in [1.54, 1.807) is 23.2 Å². The summed E-state index contributed by atoms with van der Waals surface area (Å²) in [6.07, 6.45) is 3.10. The summed E-state index contributed by atoms with van der Waals surface area (Å²) in [5.74, 6) is -0.516. The number of pyridine rings is 1. The van der Waals surface area contributed by atoms with Crippen LogP contribution in [-0.4, -0.2) is 28.3 Å². The van der Waals surface area contributed by atoms with Crippen LogP contribution in [-0.2, 0) is 4.79 Å². The molecule has 7 heteroatoms. The van der Waals surface area contributed by atoms with Gasteiger partial charge in [-0.1, -0.05) is 0 Å². The second kappa shape index (κ2) is 4.19. The number of anilines is 2. The van der Waals surface area contributed by atoms with Crippen LogP contribution in [0.4, 0.5) is 11.4 Å². The van der Waals surface area contributed by atoms with E-state index < -0.39 is 0 Å². The summed E-state index contributed by atoms with van der Waals surface area (Å²) in [6.45, 7) is -0.00657. The second-order valence-electron chi connectivity index (χ2n) is 3.71. The van der Waals surface area contributed by atoms with Crippen molar-refractivity contribution in [3.05, 3.63) is 35.0 Å². The molecule has 3 heterocycles. The van der Waals surface area contributed by atoms with Gasteiger partial charge in [-0.2, -0.15) is 0 Å². The Morgan fingerprint density at radius 3 is 3.17 bits per heavy atom. The number of aromatic nitrogens is 2. The number of hydrogen-bond acceptors (Lipinski definition) is 5. The summed E-state index contributed by atoms with van der Waals surface area (Å²) in [5.41, 5.74) is 3.11. The van der Waals surface area contributed by atoms with Crippen LogP contribution in [0.3, 0.4) is 0 Å². The van der Waals surface area contributed by atoms with Crippen LogP contribution < -0.4 is 10.2 Å². The lowest BCUT2D eigenvalue weighted by Crippen LogP contribution is -2.42. The first-order valence-electron chi connectivity index (χ1n) is 5.19. The third-order valence-electron chi connectivity index (χ3n) is 2.56. The van der Waals surface area contributed by atoms with Crippen LogP contribution in [0.2, 0.25) is 0 Å². The van der Waals surface area contributed by atoms with Gasteiger partial charge in [-0.25, -0.2) is 4.98 Å². The Morgan fingerprint density at radius 1 is 1.50 bits per heavy atom. The zero-order valence-electron chi connectivity index (χ0n) is 9.16. The molecule has 0 bridgehead atoms. The van der Waals surface area contributed by atoms with Crippen LogP contribution in [0.1, 0.15) is 10.5 Å². The summed E-state index contributed by atoms with van der Waals surface area (Å²) in [6, 6.07) is 1.69. The largest absolute Gasteiger partial charge is 0.321 e. The molecule has 1 N–H and O–H groups in total. The number of carbonyl (C=O) groups is 2. The van der Waals surface area contributed by atoms with Gasteiger partial charge in [0, 0.05) is 11.6 Å². The quantitative estimate of drug-likeness (QED) is 0.834. The first kappa shape index (κ1) is 10.8. The molecule has 0 saturated carbocycles. The van der Waals surface area contributed by atoms with Gasteiger partial charge in [0.2, 0.25) is 5.91 Å². The van der Waals surface area contributed by atoms with Crippen LogP contribution in [0.5, 0.6) is 0 Å². The maximum Gasteiger partial charge on any atom is 0.278 e. The number of rotatable bonds is 1. The molecule has 1 aliphatic rings. The molecular weight excluding hydrogens is 252 g/mol. The molecule has 90 valence electrons. The van der Waals surface area contributed by atoms with Crippen molar-refractivity contribution in [3.8, 4) is 0 Å². The number of carbonyl (C=O) groups excluding carboxylic acids is 2. The minimum absolute atomic E-state index is 0.00657. The molecule has 0 atom stereocenters. The highest BCUT2D eigenvalue weighted by atomic mass is 32.1. The van der Waals surface area contributed by atoms with Crippen molar-refractivity contribution in [2.75, 3.05) is 16.8 Å². The van der Waals surface area contributed by atoms with Gasteiger partial charge in [0.1, 0.15) is 12.2 Å². The molecule has 3 rings (SSSR count). The van der Waals surface area contributed by atoms with Crippen LogP contribution in [0.15, 0.2) is 29.4 Å². The Kier molecular flexibility index (Phi) is 2.52. The maximum atomic E-state index is 12.2. The van der Waals surface area contributed by atoms with Gasteiger partial charge in [0.15, 0.2) is 0 Å². The normalized spacial score (nSPS) is 14.0. The van der Waals surface area contributed by atoms with Gasteiger partial charge >= 0.3 is 0 Å². The Bertz CT molecular complexity index is 611. The van der Waals surface area contributed by atoms with E-state index in [4.69, 9.17) is 0 Å². The fourth-order valence-electron chi connectivity index (χ4n) is 1.77. The van der Waals surface area contributed by atoms with Crippen molar-refractivity contribution in [3.63, 3.8) is 0 Å². The van der Waals surface area contributed by atoms with Crippen molar-refractivity contribution in [2.24, 2.45) is 0 Å². The molecule has 2 aromatic heterocycles. The average Bonchev–Trinajstić information content (AvgIpc) is 2.90. The van der Waals surface area contributed by atoms with E-state index in [1.807, 2.05) is 0 Å². The fraction of sp³-hybridized carbons (Fsp3) is 0.0909. The highest BCUT2D eigenvalue weighted by Crippen LogP contribution is 2.29. The lowest BCUT2D eigenvalue weighted by Gasteiger charge is -2.28. The molecule has 2 amide bonds. The molecule has 0 saturated heterocycles. The Hall–Kier alpha value is -2.28. The van der Waals surface area contributed by atoms with Crippen LogP contribution in [0, 0.1) is 0 Å². The van der Waals surface area contributed by atoms with Crippen molar-refractivity contribution in [1.29, 1.82) is 0 Å². The molecule has 18 heavy (non-hydrogen) atoms. The molecule has 2 aromatic rings. The lowest BCUT2D eigenvalue weighted by molar-refractivity contribution is -0.115. The predicted octanol–water partition coefficient (Wildman–Crippen LogP) is 1.14. The molecule has 0 spiro atoms. The molecule has 0 radical (unpaired) electrons. The van der Waals surface area contributed by atoms with E-state index in [0.29, 0.717) is 17.1 Å². The van der Waals surface area contributed by atoms with Crippen LogP contribution >= 0.6 is 11.3 Å². The van der Waals surface area contributed by atoms with Gasteiger partial charge in [-0.15, -0.1) is 11.3 Å². The zero-order valence-corrected chi connectivity index (χ0v) is 9.98. The molecule has 6 nitrogen and oxygen atoms in total. The number of nitrogens with one attached hydrogen (secondary N) is 1. The predicted molar refractivity (Wildman–Crippen MR) is 66.7 cm³/mol. The van der Waals surface area contributed by atoms with Gasteiger partial charge < -0.3 is 5.32 Å². The molecule has 1 aliphatic heterocycles. The van der Waals surface area contributed by atoms with E-state index in [9.17, 15) is 9.59 Å². The molecule has 0 unspecified atom stereocenters. The van der Waals surface area contributed by atoms with Crippen molar-refractivity contribution >= 4 is 34.5 Å². The molecular formula is C11H8N4O2S. The SMILES string of the molecule is O=C1CN(C(=O)c2cscn2)c2ccncc2N1. The third-order valence-corrected chi connectivity index (χ3v) is 3.15. The number of thiazole rings is 1. The second-order valence-corrected chi connectivity index (χ2v) is 4.42. The standard InChI is InChI=1S/C11H8N4O2S/c16-10-4-15(11(17)8-5-18-6-13-8)9-1-2-12-3-7(9)14-10/h1-3,5-6H,4H2,(H,14,16). The lowest BCUT2D eigenvalue weighted by atomic mass is 10.2. The summed E-state index contributed by atoms with van der Waals surface area (Å²) < 4.78 is 0. The monoisotopic (exact) mass is 260 g/mol. The molecule has 0 fully saturated rings. The summed E-state index contributed by atoms with van der Waals surface area (Å²) in [7, 11) is 0. The summed E-state index contributed by atoms with van der Waals surface area (Å²) in [5, 5.41) is 4.34. The highest BCUT2D eigenvalue weighted by molar-refractivity contribution is 7.07. The molecule has 0 aliphatic carbocycles. The summed E-state index contributed by atoms with van der Waals surface area (Å²) >= 11 is 1.34.